The molecule has 0 amide bonds. The Kier molecular flexibility index (Phi) is 2.91. The Hall–Kier alpha value is -2.57. The first-order valence-corrected chi connectivity index (χ1v) is 4.76. The number of benzene rings is 1. The number of aromatic amines is 1. The molecule has 0 atom stereocenters. The van der Waals surface area contributed by atoms with Crippen molar-refractivity contribution in [3.05, 3.63) is 30.0 Å². The van der Waals surface area contributed by atoms with E-state index in [1.807, 2.05) is 0 Å². The molecular formula is C10H10N4O3. The summed E-state index contributed by atoms with van der Waals surface area (Å²) in [7, 11) is 1.57. The van der Waals surface area contributed by atoms with Crippen molar-refractivity contribution in [2.24, 2.45) is 0 Å². The molecule has 0 radical (unpaired) electrons. The van der Waals surface area contributed by atoms with Gasteiger partial charge in [0.1, 0.15) is 5.75 Å². The lowest BCUT2D eigenvalue weighted by Gasteiger charge is -2.05. The molecule has 0 spiro atoms. The van der Waals surface area contributed by atoms with E-state index in [0.717, 1.165) is 5.75 Å². The smallest absolute Gasteiger partial charge is 0.360 e. The standard InChI is InChI=1S/C10H10N4O3/c1-17-7-4-2-6(3-5-7)11-9-8(10(15)16)12-14-13-9/h2-5H,1H3,(H,15,16)(H2,11,12,13,14). The normalized spacial score (nSPS) is 9.94. The Bertz CT molecular complexity index is 521. The number of carboxylic acids is 1. The summed E-state index contributed by atoms with van der Waals surface area (Å²) in [6.45, 7) is 0. The average Bonchev–Trinajstić information content (AvgIpc) is 2.78. The molecule has 88 valence electrons. The molecule has 7 nitrogen and oxygen atoms in total. The Balaban J connectivity index is 2.19. The SMILES string of the molecule is COc1ccc(Nc2[nH]nnc2C(=O)O)cc1. The Morgan fingerprint density at radius 1 is 1.41 bits per heavy atom. The van der Waals surface area contributed by atoms with Crippen LogP contribution in [0.4, 0.5) is 11.5 Å². The van der Waals surface area contributed by atoms with Gasteiger partial charge in [-0.25, -0.2) is 9.89 Å². The first-order valence-electron chi connectivity index (χ1n) is 4.76. The summed E-state index contributed by atoms with van der Waals surface area (Å²) < 4.78 is 5.01. The molecule has 0 fully saturated rings. The number of carboxylic acid groups (broad SMARTS) is 1. The lowest BCUT2D eigenvalue weighted by atomic mass is 10.3. The maximum atomic E-state index is 10.8. The highest BCUT2D eigenvalue weighted by Gasteiger charge is 2.14. The van der Waals surface area contributed by atoms with Gasteiger partial charge in [0.05, 0.1) is 7.11 Å². The van der Waals surface area contributed by atoms with Crippen molar-refractivity contribution in [1.29, 1.82) is 0 Å². The molecule has 1 aromatic carbocycles. The van der Waals surface area contributed by atoms with Crippen LogP contribution in [0.15, 0.2) is 24.3 Å². The zero-order valence-electron chi connectivity index (χ0n) is 8.97. The zero-order chi connectivity index (χ0) is 12.3. The van der Waals surface area contributed by atoms with Crippen molar-refractivity contribution in [2.45, 2.75) is 0 Å². The average molecular weight is 234 g/mol. The van der Waals surface area contributed by atoms with Gasteiger partial charge in [-0.05, 0) is 24.3 Å². The highest BCUT2D eigenvalue weighted by molar-refractivity contribution is 5.91. The molecule has 0 aliphatic rings. The van der Waals surface area contributed by atoms with Crippen LogP contribution in [0, 0.1) is 0 Å². The molecule has 0 aliphatic heterocycles. The summed E-state index contributed by atoms with van der Waals surface area (Å²) in [5, 5.41) is 21.1. The fourth-order valence-corrected chi connectivity index (χ4v) is 1.28. The zero-order valence-corrected chi connectivity index (χ0v) is 8.97. The topological polar surface area (TPSA) is 100 Å². The van der Waals surface area contributed by atoms with E-state index in [1.54, 1.807) is 31.4 Å². The minimum absolute atomic E-state index is 0.152. The molecule has 3 N–H and O–H groups in total. The number of nitrogens with zero attached hydrogens (tertiary/aromatic N) is 2. The number of nitrogens with one attached hydrogen (secondary N) is 2. The molecule has 7 heteroatoms. The van der Waals surface area contributed by atoms with E-state index in [0.29, 0.717) is 5.69 Å². The van der Waals surface area contributed by atoms with E-state index in [2.05, 4.69) is 20.7 Å². The number of hydrogen-bond acceptors (Lipinski definition) is 5. The number of methoxy groups -OCH3 is 1. The van der Waals surface area contributed by atoms with Crippen LogP contribution in [-0.4, -0.2) is 33.6 Å². The van der Waals surface area contributed by atoms with Crippen LogP contribution in [0.3, 0.4) is 0 Å². The molecule has 0 bridgehead atoms. The van der Waals surface area contributed by atoms with Crippen LogP contribution in [0.5, 0.6) is 5.75 Å². The minimum atomic E-state index is -1.14. The van der Waals surface area contributed by atoms with Crippen LogP contribution in [-0.2, 0) is 0 Å². The maximum Gasteiger partial charge on any atom is 0.360 e. The monoisotopic (exact) mass is 234 g/mol. The van der Waals surface area contributed by atoms with Gasteiger partial charge >= 0.3 is 5.97 Å². The third kappa shape index (κ3) is 2.33. The number of H-pyrrole nitrogens is 1. The molecule has 0 aliphatic carbocycles. The van der Waals surface area contributed by atoms with Crippen molar-refractivity contribution in [3.63, 3.8) is 0 Å². The number of hydrogen-bond donors (Lipinski definition) is 3. The summed E-state index contributed by atoms with van der Waals surface area (Å²) in [5.74, 6) is -0.186. The van der Waals surface area contributed by atoms with Gasteiger partial charge in [0.25, 0.3) is 0 Å². The minimum Gasteiger partial charge on any atom is -0.497 e. The van der Waals surface area contributed by atoms with Crippen LogP contribution < -0.4 is 10.1 Å². The molecule has 2 rings (SSSR count). The number of rotatable bonds is 4. The molecule has 0 saturated carbocycles. The predicted molar refractivity (Wildman–Crippen MR) is 59.6 cm³/mol. The molecular weight excluding hydrogens is 224 g/mol. The third-order valence-corrected chi connectivity index (χ3v) is 2.11. The van der Waals surface area contributed by atoms with E-state index in [4.69, 9.17) is 9.84 Å². The van der Waals surface area contributed by atoms with E-state index < -0.39 is 5.97 Å². The predicted octanol–water partition coefficient (Wildman–Crippen LogP) is 1.26. The molecule has 1 aromatic heterocycles. The van der Waals surface area contributed by atoms with Gasteiger partial charge in [0, 0.05) is 5.69 Å². The van der Waals surface area contributed by atoms with Crippen LogP contribution in [0.1, 0.15) is 10.5 Å². The number of aromatic carboxylic acids is 1. The first kappa shape index (κ1) is 10.9. The van der Waals surface area contributed by atoms with Gasteiger partial charge in [-0.1, -0.05) is 5.21 Å². The van der Waals surface area contributed by atoms with Gasteiger partial charge in [0.2, 0.25) is 5.69 Å². The van der Waals surface area contributed by atoms with E-state index in [-0.39, 0.29) is 11.5 Å². The van der Waals surface area contributed by atoms with Crippen LogP contribution in [0.2, 0.25) is 0 Å². The molecule has 2 aromatic rings. The van der Waals surface area contributed by atoms with Crippen LogP contribution in [0.25, 0.3) is 0 Å². The molecule has 1 heterocycles. The highest BCUT2D eigenvalue weighted by Crippen LogP contribution is 2.19. The second kappa shape index (κ2) is 4.52. The third-order valence-electron chi connectivity index (χ3n) is 2.11. The van der Waals surface area contributed by atoms with Gasteiger partial charge in [-0.2, -0.15) is 0 Å². The van der Waals surface area contributed by atoms with Gasteiger partial charge in [-0.15, -0.1) is 5.10 Å². The van der Waals surface area contributed by atoms with Gasteiger partial charge in [0.15, 0.2) is 5.82 Å². The number of carbonyl (C=O) groups is 1. The molecule has 0 saturated heterocycles. The Morgan fingerprint density at radius 2 is 2.12 bits per heavy atom. The van der Waals surface area contributed by atoms with E-state index in [1.165, 1.54) is 0 Å². The van der Waals surface area contributed by atoms with Gasteiger partial charge < -0.3 is 15.2 Å². The van der Waals surface area contributed by atoms with Crippen molar-refractivity contribution in [2.75, 3.05) is 12.4 Å². The fraction of sp³-hybridized carbons (Fsp3) is 0.100. The van der Waals surface area contributed by atoms with Crippen LogP contribution >= 0.6 is 0 Å². The summed E-state index contributed by atoms with van der Waals surface area (Å²) >= 11 is 0. The maximum absolute atomic E-state index is 10.8. The second-order valence-electron chi connectivity index (χ2n) is 3.19. The number of aromatic nitrogens is 3. The second-order valence-corrected chi connectivity index (χ2v) is 3.19. The van der Waals surface area contributed by atoms with Crippen molar-refractivity contribution >= 4 is 17.5 Å². The molecule has 17 heavy (non-hydrogen) atoms. The summed E-state index contributed by atoms with van der Waals surface area (Å²) in [6.07, 6.45) is 0. The fourth-order valence-electron chi connectivity index (χ4n) is 1.28. The van der Waals surface area contributed by atoms with Crippen molar-refractivity contribution < 1.29 is 14.6 Å². The van der Waals surface area contributed by atoms with E-state index in [9.17, 15) is 4.79 Å². The lowest BCUT2D eigenvalue weighted by molar-refractivity contribution is 0.0691. The number of ether oxygens (including phenoxy) is 1. The summed E-state index contributed by atoms with van der Waals surface area (Å²) in [5.41, 5.74) is 0.556. The quantitative estimate of drug-likeness (QED) is 0.736. The van der Waals surface area contributed by atoms with E-state index >= 15 is 0 Å². The summed E-state index contributed by atoms with van der Waals surface area (Å²) in [6, 6.07) is 7.02. The van der Waals surface area contributed by atoms with Crippen molar-refractivity contribution in [3.8, 4) is 5.75 Å². The van der Waals surface area contributed by atoms with Crippen molar-refractivity contribution in [1.82, 2.24) is 15.4 Å². The first-order chi connectivity index (χ1) is 8.20. The van der Waals surface area contributed by atoms with Gasteiger partial charge in [-0.3, -0.25) is 0 Å². The summed E-state index contributed by atoms with van der Waals surface area (Å²) in [4.78, 5) is 10.8. The lowest BCUT2D eigenvalue weighted by Crippen LogP contribution is -2.02. The number of anilines is 2. The largest absolute Gasteiger partial charge is 0.497 e. The Morgan fingerprint density at radius 3 is 2.71 bits per heavy atom. The Labute approximate surface area is 96.4 Å². The highest BCUT2D eigenvalue weighted by atomic mass is 16.5. The molecule has 0 unspecified atom stereocenters.